The number of benzene rings is 1. The Labute approximate surface area is 125 Å². The molecule has 0 radical (unpaired) electrons. The molecule has 1 aromatic carbocycles. The molecule has 1 N–H and O–H groups in total. The van der Waals surface area contributed by atoms with Gasteiger partial charge in [-0.1, -0.05) is 32.9 Å². The summed E-state index contributed by atoms with van der Waals surface area (Å²) in [7, 11) is 1.71. The van der Waals surface area contributed by atoms with Gasteiger partial charge in [0.2, 0.25) is 0 Å². The molecule has 1 spiro atoms. The van der Waals surface area contributed by atoms with E-state index < -0.39 is 0 Å². The molecule has 1 aromatic rings. The predicted octanol–water partition coefficient (Wildman–Crippen LogP) is 2.97. The molecule has 0 aromatic heterocycles. The highest BCUT2D eigenvalue weighted by atomic mass is 16.5. The predicted molar refractivity (Wildman–Crippen MR) is 83.3 cm³/mol. The van der Waals surface area contributed by atoms with Gasteiger partial charge < -0.3 is 14.8 Å². The zero-order chi connectivity index (χ0) is 14.8. The zero-order valence-electron chi connectivity index (χ0n) is 13.1. The van der Waals surface area contributed by atoms with Gasteiger partial charge >= 0.3 is 0 Å². The summed E-state index contributed by atoms with van der Waals surface area (Å²) in [5.41, 5.74) is 3.55. The van der Waals surface area contributed by atoms with Crippen LogP contribution in [0.3, 0.4) is 0 Å². The summed E-state index contributed by atoms with van der Waals surface area (Å²) in [5.74, 6) is 0.887. The molecule has 1 fully saturated rings. The van der Waals surface area contributed by atoms with Crippen molar-refractivity contribution in [3.05, 3.63) is 23.8 Å². The SMILES string of the molecule is COc1cccc2c1N[C@H]1O[C@H](C(C)(C)C)C3=NCC[C@]321. The molecule has 0 bridgehead atoms. The summed E-state index contributed by atoms with van der Waals surface area (Å²) in [6.45, 7) is 7.55. The Kier molecular flexibility index (Phi) is 2.51. The van der Waals surface area contributed by atoms with E-state index in [0.717, 1.165) is 24.4 Å². The summed E-state index contributed by atoms with van der Waals surface area (Å²) in [5, 5.41) is 3.55. The first-order chi connectivity index (χ1) is 9.98. The zero-order valence-corrected chi connectivity index (χ0v) is 13.1. The first kappa shape index (κ1) is 13.1. The number of fused-ring (bicyclic) bond motifs is 1. The van der Waals surface area contributed by atoms with Crippen LogP contribution in [-0.2, 0) is 10.2 Å². The number of methoxy groups -OCH3 is 1. The second kappa shape index (κ2) is 4.01. The Hall–Kier alpha value is -1.55. The second-order valence-electron chi connectivity index (χ2n) is 7.28. The van der Waals surface area contributed by atoms with Gasteiger partial charge in [-0.15, -0.1) is 0 Å². The lowest BCUT2D eigenvalue weighted by atomic mass is 9.72. The molecule has 3 atom stereocenters. The van der Waals surface area contributed by atoms with Crippen LogP contribution in [0.1, 0.15) is 32.8 Å². The maximum atomic E-state index is 6.39. The number of nitrogens with one attached hydrogen (secondary N) is 1. The van der Waals surface area contributed by atoms with Crippen molar-refractivity contribution in [3.63, 3.8) is 0 Å². The second-order valence-corrected chi connectivity index (χ2v) is 7.28. The maximum absolute atomic E-state index is 6.39. The van der Waals surface area contributed by atoms with Crippen molar-refractivity contribution < 1.29 is 9.47 Å². The van der Waals surface area contributed by atoms with Gasteiger partial charge in [-0.3, -0.25) is 4.99 Å². The summed E-state index contributed by atoms with van der Waals surface area (Å²) in [4.78, 5) is 4.84. The Bertz CT molecular complexity index is 632. The van der Waals surface area contributed by atoms with E-state index in [1.165, 1.54) is 11.3 Å². The number of hydrogen-bond donors (Lipinski definition) is 1. The van der Waals surface area contributed by atoms with Crippen molar-refractivity contribution in [2.75, 3.05) is 19.0 Å². The molecule has 4 nitrogen and oxygen atoms in total. The Morgan fingerprint density at radius 2 is 2.19 bits per heavy atom. The molecule has 4 rings (SSSR count). The number of ether oxygens (including phenoxy) is 2. The van der Waals surface area contributed by atoms with Gasteiger partial charge in [0, 0.05) is 6.54 Å². The van der Waals surface area contributed by atoms with Crippen LogP contribution in [0.2, 0.25) is 0 Å². The molecule has 0 unspecified atom stereocenters. The van der Waals surface area contributed by atoms with Crippen LogP contribution in [0.4, 0.5) is 5.69 Å². The lowest BCUT2D eigenvalue weighted by Gasteiger charge is -2.28. The van der Waals surface area contributed by atoms with E-state index in [1.807, 2.05) is 6.07 Å². The monoisotopic (exact) mass is 286 g/mol. The van der Waals surface area contributed by atoms with Crippen LogP contribution in [0, 0.1) is 5.41 Å². The van der Waals surface area contributed by atoms with E-state index in [0.29, 0.717) is 0 Å². The minimum Gasteiger partial charge on any atom is -0.495 e. The van der Waals surface area contributed by atoms with Gasteiger partial charge in [0.25, 0.3) is 0 Å². The van der Waals surface area contributed by atoms with E-state index >= 15 is 0 Å². The molecule has 112 valence electrons. The molecular weight excluding hydrogens is 264 g/mol. The van der Waals surface area contributed by atoms with E-state index in [1.54, 1.807) is 7.11 Å². The topological polar surface area (TPSA) is 42.8 Å². The first-order valence-corrected chi connectivity index (χ1v) is 7.63. The van der Waals surface area contributed by atoms with Crippen molar-refractivity contribution in [1.29, 1.82) is 0 Å². The lowest BCUT2D eigenvalue weighted by Crippen LogP contribution is -2.40. The smallest absolute Gasteiger partial charge is 0.144 e. The normalized spacial score (nSPS) is 33.0. The molecule has 3 heterocycles. The summed E-state index contributed by atoms with van der Waals surface area (Å²) in [6.07, 6.45) is 1.08. The molecule has 21 heavy (non-hydrogen) atoms. The highest BCUT2D eigenvalue weighted by molar-refractivity contribution is 6.06. The van der Waals surface area contributed by atoms with Crippen LogP contribution in [-0.4, -0.2) is 31.7 Å². The minimum atomic E-state index is -0.0954. The molecule has 0 amide bonds. The number of rotatable bonds is 1. The molecule has 1 saturated heterocycles. The fraction of sp³-hybridized carbons (Fsp3) is 0.588. The van der Waals surface area contributed by atoms with E-state index in [4.69, 9.17) is 14.5 Å². The van der Waals surface area contributed by atoms with Crippen molar-refractivity contribution in [3.8, 4) is 5.75 Å². The van der Waals surface area contributed by atoms with Crippen LogP contribution < -0.4 is 10.1 Å². The van der Waals surface area contributed by atoms with Crippen molar-refractivity contribution >= 4 is 11.4 Å². The van der Waals surface area contributed by atoms with Gasteiger partial charge in [0.1, 0.15) is 18.1 Å². The fourth-order valence-electron chi connectivity index (χ4n) is 4.06. The highest BCUT2D eigenvalue weighted by Gasteiger charge is 2.63. The largest absolute Gasteiger partial charge is 0.495 e. The van der Waals surface area contributed by atoms with E-state index in [-0.39, 0.29) is 23.2 Å². The minimum absolute atomic E-state index is 0.0192. The molecule has 3 aliphatic rings. The third kappa shape index (κ3) is 1.51. The van der Waals surface area contributed by atoms with Gasteiger partial charge in [0.05, 0.1) is 23.9 Å². The highest BCUT2D eigenvalue weighted by Crippen LogP contribution is 2.56. The Morgan fingerprint density at radius 1 is 1.38 bits per heavy atom. The Balaban J connectivity index is 1.88. The number of anilines is 1. The number of para-hydroxylation sites is 1. The van der Waals surface area contributed by atoms with Gasteiger partial charge in [-0.2, -0.15) is 0 Å². The third-order valence-corrected chi connectivity index (χ3v) is 5.00. The summed E-state index contributed by atoms with van der Waals surface area (Å²) in [6, 6.07) is 6.26. The van der Waals surface area contributed by atoms with Crippen LogP contribution in [0.15, 0.2) is 23.2 Å². The average molecular weight is 286 g/mol. The van der Waals surface area contributed by atoms with Crippen LogP contribution in [0.5, 0.6) is 5.75 Å². The first-order valence-electron chi connectivity index (χ1n) is 7.63. The molecular formula is C17H22N2O2. The van der Waals surface area contributed by atoms with E-state index in [9.17, 15) is 0 Å². The summed E-state index contributed by atoms with van der Waals surface area (Å²) >= 11 is 0. The average Bonchev–Trinajstić information content (AvgIpc) is 3.05. The molecule has 0 saturated carbocycles. The fourth-order valence-corrected chi connectivity index (χ4v) is 4.06. The number of hydrogen-bond acceptors (Lipinski definition) is 4. The molecule has 4 heteroatoms. The van der Waals surface area contributed by atoms with Crippen molar-refractivity contribution in [1.82, 2.24) is 0 Å². The van der Waals surface area contributed by atoms with Gasteiger partial charge in [-0.25, -0.2) is 0 Å². The quantitative estimate of drug-likeness (QED) is 0.863. The maximum Gasteiger partial charge on any atom is 0.144 e. The number of nitrogens with zero attached hydrogens (tertiary/aromatic N) is 1. The van der Waals surface area contributed by atoms with Crippen molar-refractivity contribution in [2.24, 2.45) is 10.4 Å². The third-order valence-electron chi connectivity index (χ3n) is 5.00. The standard InChI is InChI=1S/C17H22N2O2/c1-16(2,3)14-13-17(8-9-18-13)10-6-5-7-11(20-4)12(10)19-15(17)21-14/h5-7,14-15,19H,8-9H2,1-4H3/t14-,15-,17+/m0/s1. The molecule has 0 aliphatic carbocycles. The number of aliphatic imine (C=N–C) groups is 1. The van der Waals surface area contributed by atoms with Gasteiger partial charge in [0.15, 0.2) is 0 Å². The summed E-state index contributed by atoms with van der Waals surface area (Å²) < 4.78 is 11.9. The Morgan fingerprint density at radius 3 is 2.90 bits per heavy atom. The van der Waals surface area contributed by atoms with Gasteiger partial charge in [-0.05, 0) is 23.5 Å². The molecule has 3 aliphatic heterocycles. The van der Waals surface area contributed by atoms with Crippen LogP contribution >= 0.6 is 0 Å². The van der Waals surface area contributed by atoms with Crippen molar-refractivity contribution in [2.45, 2.75) is 44.9 Å². The lowest BCUT2D eigenvalue weighted by molar-refractivity contribution is 0.00164. The van der Waals surface area contributed by atoms with E-state index in [2.05, 4.69) is 38.2 Å². The van der Waals surface area contributed by atoms with Crippen LogP contribution in [0.25, 0.3) is 0 Å².